The highest BCUT2D eigenvalue weighted by Gasteiger charge is 2.32. The van der Waals surface area contributed by atoms with Gasteiger partial charge in [0.05, 0.1) is 11.9 Å². The van der Waals surface area contributed by atoms with Crippen molar-refractivity contribution in [1.82, 2.24) is 14.5 Å². The fourth-order valence-electron chi connectivity index (χ4n) is 2.62. The van der Waals surface area contributed by atoms with Crippen LogP contribution in [0.4, 0.5) is 10.3 Å². The summed E-state index contributed by atoms with van der Waals surface area (Å²) in [6.07, 6.45) is 3.83. The standard InChI is InChI=1S/C15H14FN5O/c1-17-13-4-3-7-21(13)15-19-12(8-14(22)20(15)2)10-5-6-18-9-11(10)16/h5-6,8-9,13H,3-4,7H2,2H3/t13-/m0/s1. The Morgan fingerprint density at radius 2 is 2.32 bits per heavy atom. The van der Waals surface area contributed by atoms with E-state index in [4.69, 9.17) is 6.57 Å². The number of hydrogen-bond acceptors (Lipinski definition) is 4. The first-order valence-corrected chi connectivity index (χ1v) is 6.93. The molecule has 6 nitrogen and oxygen atoms in total. The molecular weight excluding hydrogens is 285 g/mol. The van der Waals surface area contributed by atoms with Crippen LogP contribution in [0.2, 0.25) is 0 Å². The summed E-state index contributed by atoms with van der Waals surface area (Å²) in [6, 6.07) is 2.78. The molecule has 1 atom stereocenters. The summed E-state index contributed by atoms with van der Waals surface area (Å²) < 4.78 is 15.3. The summed E-state index contributed by atoms with van der Waals surface area (Å²) in [5, 5.41) is 0. The first-order valence-electron chi connectivity index (χ1n) is 6.93. The maximum absolute atomic E-state index is 13.9. The lowest BCUT2D eigenvalue weighted by molar-refractivity contribution is 0.623. The molecule has 0 N–H and O–H groups in total. The third kappa shape index (κ3) is 2.33. The van der Waals surface area contributed by atoms with Crippen LogP contribution in [0, 0.1) is 12.4 Å². The highest BCUT2D eigenvalue weighted by molar-refractivity contribution is 5.60. The summed E-state index contributed by atoms with van der Waals surface area (Å²) in [4.78, 5) is 25.7. The molecule has 1 aliphatic heterocycles. The van der Waals surface area contributed by atoms with Crippen LogP contribution in [0.25, 0.3) is 16.1 Å². The van der Waals surface area contributed by atoms with Crippen molar-refractivity contribution in [2.75, 3.05) is 11.4 Å². The van der Waals surface area contributed by atoms with Crippen LogP contribution in [0.1, 0.15) is 12.8 Å². The molecule has 0 bridgehead atoms. The highest BCUT2D eigenvalue weighted by Crippen LogP contribution is 2.26. The van der Waals surface area contributed by atoms with Gasteiger partial charge in [-0.3, -0.25) is 24.1 Å². The van der Waals surface area contributed by atoms with Gasteiger partial charge in [-0.1, -0.05) is 0 Å². The number of nitrogens with zero attached hydrogens (tertiary/aromatic N) is 5. The van der Waals surface area contributed by atoms with Crippen molar-refractivity contribution in [2.45, 2.75) is 19.0 Å². The van der Waals surface area contributed by atoms with Gasteiger partial charge in [0.25, 0.3) is 5.56 Å². The van der Waals surface area contributed by atoms with Crippen molar-refractivity contribution in [3.8, 4) is 11.3 Å². The Bertz CT molecular complexity index is 810. The van der Waals surface area contributed by atoms with Crippen LogP contribution in [-0.2, 0) is 7.05 Å². The van der Waals surface area contributed by atoms with Crippen LogP contribution in [0.3, 0.4) is 0 Å². The van der Waals surface area contributed by atoms with Crippen molar-refractivity contribution in [2.24, 2.45) is 7.05 Å². The Balaban J connectivity index is 2.15. The first kappa shape index (κ1) is 14.2. The van der Waals surface area contributed by atoms with E-state index in [9.17, 15) is 9.18 Å². The second-order valence-electron chi connectivity index (χ2n) is 5.14. The van der Waals surface area contributed by atoms with Crippen molar-refractivity contribution in [1.29, 1.82) is 0 Å². The molecule has 0 aliphatic carbocycles. The van der Waals surface area contributed by atoms with Crippen LogP contribution < -0.4 is 10.5 Å². The Kier molecular flexibility index (Phi) is 3.59. The molecule has 1 saturated heterocycles. The molecule has 3 rings (SSSR count). The normalized spacial score (nSPS) is 17.5. The molecule has 0 amide bonds. The summed E-state index contributed by atoms with van der Waals surface area (Å²) >= 11 is 0. The Labute approximate surface area is 126 Å². The van der Waals surface area contributed by atoms with Gasteiger partial charge in [-0.05, 0) is 12.5 Å². The zero-order valence-electron chi connectivity index (χ0n) is 12.0. The summed E-state index contributed by atoms with van der Waals surface area (Å²) in [5.74, 6) is -0.130. The zero-order chi connectivity index (χ0) is 15.7. The lowest BCUT2D eigenvalue weighted by Gasteiger charge is -2.20. The van der Waals surface area contributed by atoms with E-state index >= 15 is 0 Å². The third-order valence-electron chi connectivity index (χ3n) is 3.79. The predicted molar refractivity (Wildman–Crippen MR) is 79.6 cm³/mol. The van der Waals surface area contributed by atoms with Gasteiger partial charge in [0.1, 0.15) is 0 Å². The molecule has 1 aliphatic rings. The Morgan fingerprint density at radius 1 is 1.50 bits per heavy atom. The highest BCUT2D eigenvalue weighted by atomic mass is 19.1. The molecule has 2 aromatic heterocycles. The lowest BCUT2D eigenvalue weighted by atomic mass is 10.2. The van der Waals surface area contributed by atoms with E-state index in [1.807, 2.05) is 0 Å². The maximum Gasteiger partial charge on any atom is 0.300 e. The van der Waals surface area contributed by atoms with E-state index in [-0.39, 0.29) is 23.0 Å². The molecule has 22 heavy (non-hydrogen) atoms. The second-order valence-corrected chi connectivity index (χ2v) is 5.14. The van der Waals surface area contributed by atoms with Crippen molar-refractivity contribution < 1.29 is 4.39 Å². The Hall–Kier alpha value is -2.75. The fraction of sp³-hybridized carbons (Fsp3) is 0.333. The minimum atomic E-state index is -0.530. The number of rotatable bonds is 2. The van der Waals surface area contributed by atoms with Gasteiger partial charge >= 0.3 is 6.17 Å². The Morgan fingerprint density at radius 3 is 3.05 bits per heavy atom. The largest absolute Gasteiger partial charge is 0.300 e. The van der Waals surface area contributed by atoms with Gasteiger partial charge in [0.15, 0.2) is 5.82 Å². The van der Waals surface area contributed by atoms with E-state index in [1.165, 1.54) is 22.9 Å². The van der Waals surface area contributed by atoms with E-state index in [2.05, 4.69) is 14.8 Å². The minimum absolute atomic E-state index is 0.229. The molecule has 0 aromatic carbocycles. The summed E-state index contributed by atoms with van der Waals surface area (Å²) in [6.45, 7) is 7.92. The van der Waals surface area contributed by atoms with Crippen molar-refractivity contribution in [3.05, 3.63) is 52.1 Å². The minimum Gasteiger partial charge on any atom is -0.290 e. The van der Waals surface area contributed by atoms with Gasteiger partial charge in [-0.25, -0.2) is 15.9 Å². The van der Waals surface area contributed by atoms with E-state index in [0.29, 0.717) is 12.5 Å². The van der Waals surface area contributed by atoms with E-state index < -0.39 is 5.82 Å². The molecule has 7 heteroatoms. The van der Waals surface area contributed by atoms with E-state index in [1.54, 1.807) is 11.9 Å². The average molecular weight is 299 g/mol. The second kappa shape index (κ2) is 5.56. The molecule has 0 unspecified atom stereocenters. The first-order chi connectivity index (χ1) is 10.6. The smallest absolute Gasteiger partial charge is 0.290 e. The van der Waals surface area contributed by atoms with Crippen LogP contribution in [0.5, 0.6) is 0 Å². The molecule has 2 aromatic rings. The SMILES string of the molecule is [C-]#[N+][C@@H]1CCCN1c1nc(-c2ccncc2F)cc(=O)n1C. The van der Waals surface area contributed by atoms with Gasteiger partial charge < -0.3 is 0 Å². The molecule has 112 valence electrons. The fourth-order valence-corrected chi connectivity index (χ4v) is 2.62. The summed E-state index contributed by atoms with van der Waals surface area (Å²) in [7, 11) is 1.61. The van der Waals surface area contributed by atoms with Gasteiger partial charge in [-0.15, -0.1) is 0 Å². The molecule has 0 radical (unpaired) electrons. The van der Waals surface area contributed by atoms with Crippen molar-refractivity contribution >= 4 is 5.95 Å². The number of hydrogen-bond donors (Lipinski definition) is 0. The number of aromatic nitrogens is 3. The monoisotopic (exact) mass is 299 g/mol. The summed E-state index contributed by atoms with van der Waals surface area (Å²) in [5.41, 5.74) is 0.202. The van der Waals surface area contributed by atoms with Crippen LogP contribution >= 0.6 is 0 Å². The molecule has 0 spiro atoms. The maximum atomic E-state index is 13.9. The topological polar surface area (TPSA) is 55.4 Å². The number of halogens is 1. The predicted octanol–water partition coefficient (Wildman–Crippen LogP) is 1.83. The van der Waals surface area contributed by atoms with Gasteiger partial charge in [-0.2, -0.15) is 0 Å². The number of pyridine rings is 1. The molecule has 1 fully saturated rings. The van der Waals surface area contributed by atoms with Gasteiger partial charge in [0, 0.05) is 37.8 Å². The van der Waals surface area contributed by atoms with Gasteiger partial charge in [0.2, 0.25) is 5.95 Å². The van der Waals surface area contributed by atoms with Crippen LogP contribution in [-0.4, -0.2) is 27.2 Å². The van der Waals surface area contributed by atoms with Crippen molar-refractivity contribution in [3.63, 3.8) is 0 Å². The third-order valence-corrected chi connectivity index (χ3v) is 3.79. The van der Waals surface area contributed by atoms with E-state index in [0.717, 1.165) is 19.0 Å². The molecule has 3 heterocycles. The average Bonchev–Trinajstić information content (AvgIpc) is 2.99. The van der Waals surface area contributed by atoms with Crippen LogP contribution in [0.15, 0.2) is 29.3 Å². The lowest BCUT2D eigenvalue weighted by Crippen LogP contribution is -2.33. The quantitative estimate of drug-likeness (QED) is 0.794. The molecular formula is C15H14FN5O. The molecule has 0 saturated carbocycles. The number of anilines is 1. The zero-order valence-corrected chi connectivity index (χ0v) is 12.0.